The fourth-order valence-corrected chi connectivity index (χ4v) is 5.30. The van der Waals surface area contributed by atoms with Gasteiger partial charge in [-0.3, -0.25) is 14.4 Å². The maximum absolute atomic E-state index is 12.6. The molecule has 0 amide bonds. The van der Waals surface area contributed by atoms with Crippen LogP contribution in [-0.2, 0) is 28.6 Å². The number of carbonyl (C=O) groups is 3. The van der Waals surface area contributed by atoms with Gasteiger partial charge < -0.3 is 14.2 Å². The smallest absolute Gasteiger partial charge is 0.306 e. The first-order chi connectivity index (χ1) is 25.0. The summed E-state index contributed by atoms with van der Waals surface area (Å²) in [6.07, 6.45) is 46.6. The molecule has 0 aromatic rings. The minimum atomic E-state index is -0.817. The summed E-state index contributed by atoms with van der Waals surface area (Å²) in [7, 11) is 0. The summed E-state index contributed by atoms with van der Waals surface area (Å²) in [6, 6.07) is 0. The minimum absolute atomic E-state index is 0.118. The van der Waals surface area contributed by atoms with E-state index in [-0.39, 0.29) is 44.0 Å². The number of allylic oxidation sites excluding steroid dienone is 10. The molecule has 6 heteroatoms. The Morgan fingerprint density at radius 1 is 0.412 bits per heavy atom. The van der Waals surface area contributed by atoms with Crippen LogP contribution in [0.2, 0.25) is 0 Å². The van der Waals surface area contributed by atoms with Crippen LogP contribution in [0.4, 0.5) is 0 Å². The molecule has 0 spiro atoms. The summed E-state index contributed by atoms with van der Waals surface area (Å²) >= 11 is 0. The van der Waals surface area contributed by atoms with Gasteiger partial charge in [0.15, 0.2) is 6.10 Å². The van der Waals surface area contributed by atoms with E-state index in [1.54, 1.807) is 0 Å². The second kappa shape index (κ2) is 39.9. The normalized spacial score (nSPS) is 12.6. The summed E-state index contributed by atoms with van der Waals surface area (Å²) in [5, 5.41) is 0. The molecular weight excluding hydrogens is 636 g/mol. The molecule has 0 aliphatic carbocycles. The maximum Gasteiger partial charge on any atom is 0.306 e. The maximum atomic E-state index is 12.6. The highest BCUT2D eigenvalue weighted by molar-refractivity contribution is 5.71. The Balaban J connectivity index is 4.53. The lowest BCUT2D eigenvalue weighted by molar-refractivity contribution is -0.166. The van der Waals surface area contributed by atoms with Crippen molar-refractivity contribution in [1.82, 2.24) is 0 Å². The Morgan fingerprint density at radius 2 is 0.843 bits per heavy atom. The second-order valence-electron chi connectivity index (χ2n) is 13.6. The molecule has 51 heavy (non-hydrogen) atoms. The van der Waals surface area contributed by atoms with Crippen molar-refractivity contribution in [3.05, 3.63) is 60.8 Å². The fraction of sp³-hybridized carbons (Fsp3) is 0.711. The predicted octanol–water partition coefficient (Wildman–Crippen LogP) is 13.0. The molecule has 0 saturated carbocycles. The van der Waals surface area contributed by atoms with Gasteiger partial charge in [-0.2, -0.15) is 0 Å². The zero-order valence-corrected chi connectivity index (χ0v) is 33.1. The molecule has 0 saturated heterocycles. The van der Waals surface area contributed by atoms with E-state index in [1.165, 1.54) is 77.0 Å². The summed E-state index contributed by atoms with van der Waals surface area (Å²) in [5.41, 5.74) is 0. The minimum Gasteiger partial charge on any atom is -0.462 e. The van der Waals surface area contributed by atoms with Crippen molar-refractivity contribution < 1.29 is 28.6 Å². The summed E-state index contributed by atoms with van der Waals surface area (Å²) < 4.78 is 16.5. The van der Waals surface area contributed by atoms with Crippen molar-refractivity contribution in [2.75, 3.05) is 13.2 Å². The van der Waals surface area contributed by atoms with Crippen LogP contribution in [0.25, 0.3) is 0 Å². The molecular formula is C45H76O6. The van der Waals surface area contributed by atoms with Gasteiger partial charge in [-0.1, -0.05) is 152 Å². The monoisotopic (exact) mass is 713 g/mol. The number of hydrogen-bond acceptors (Lipinski definition) is 6. The number of hydrogen-bond donors (Lipinski definition) is 0. The lowest BCUT2D eigenvalue weighted by atomic mass is 10.1. The van der Waals surface area contributed by atoms with E-state index < -0.39 is 6.10 Å². The molecule has 0 aromatic heterocycles. The van der Waals surface area contributed by atoms with Gasteiger partial charge in [0.05, 0.1) is 0 Å². The molecule has 6 nitrogen and oxygen atoms in total. The van der Waals surface area contributed by atoms with Crippen molar-refractivity contribution in [3.8, 4) is 0 Å². The zero-order valence-electron chi connectivity index (χ0n) is 33.1. The Bertz CT molecular complexity index is 960. The standard InChI is InChI=1S/C45H76O6/c1-4-7-10-13-16-19-21-22-24-26-29-32-35-38-44(47)50-41-42(40-49-43(46)37-34-31-28-25-18-15-12-9-6-3)51-45(48)39-36-33-30-27-23-20-17-14-11-8-5-2/h14,17,20,22-25,28-29,32,42H,4-13,15-16,18-19,21,26-27,30-31,33-41H2,1-3H3/b17-14-,23-20-,24-22-,28-25-,32-29-. The van der Waals surface area contributed by atoms with Crippen LogP contribution in [-0.4, -0.2) is 37.2 Å². The van der Waals surface area contributed by atoms with Gasteiger partial charge in [-0.15, -0.1) is 0 Å². The molecule has 0 bridgehead atoms. The third-order valence-electron chi connectivity index (χ3n) is 8.51. The van der Waals surface area contributed by atoms with Crippen LogP contribution in [0.3, 0.4) is 0 Å². The zero-order chi connectivity index (χ0) is 37.3. The molecule has 0 rings (SSSR count). The van der Waals surface area contributed by atoms with Crippen LogP contribution in [0.15, 0.2) is 60.8 Å². The van der Waals surface area contributed by atoms with Gasteiger partial charge in [-0.25, -0.2) is 0 Å². The summed E-state index contributed by atoms with van der Waals surface area (Å²) in [4.78, 5) is 37.4. The molecule has 1 unspecified atom stereocenters. The highest BCUT2D eigenvalue weighted by Gasteiger charge is 2.19. The molecule has 0 N–H and O–H groups in total. The Hall–Kier alpha value is -2.89. The van der Waals surface area contributed by atoms with Crippen molar-refractivity contribution in [1.29, 1.82) is 0 Å². The number of ether oxygens (including phenoxy) is 3. The lowest BCUT2D eigenvalue weighted by Crippen LogP contribution is -2.30. The number of esters is 3. The van der Waals surface area contributed by atoms with Crippen molar-refractivity contribution in [2.24, 2.45) is 0 Å². The van der Waals surface area contributed by atoms with Crippen molar-refractivity contribution >= 4 is 17.9 Å². The third-order valence-corrected chi connectivity index (χ3v) is 8.51. The Kier molecular flexibility index (Phi) is 37.6. The van der Waals surface area contributed by atoms with Gasteiger partial charge in [0.2, 0.25) is 0 Å². The van der Waals surface area contributed by atoms with Crippen molar-refractivity contribution in [2.45, 2.75) is 194 Å². The topological polar surface area (TPSA) is 78.9 Å². The van der Waals surface area contributed by atoms with Crippen LogP contribution >= 0.6 is 0 Å². The molecule has 292 valence electrons. The SMILES string of the molecule is CCCC/C=C\C=C/CCCCCC(=O)OC(COC(=O)CC/C=C\C/C=C\CCCCCCCC)COC(=O)CCC/C=C\CCCCCC. The number of rotatable bonds is 36. The molecule has 0 aliphatic rings. The summed E-state index contributed by atoms with van der Waals surface area (Å²) in [6.45, 7) is 6.40. The van der Waals surface area contributed by atoms with Crippen molar-refractivity contribution in [3.63, 3.8) is 0 Å². The number of unbranched alkanes of at least 4 members (excludes halogenated alkanes) is 16. The molecule has 0 fully saturated rings. The fourth-order valence-electron chi connectivity index (χ4n) is 5.30. The van der Waals surface area contributed by atoms with Crippen LogP contribution in [0.5, 0.6) is 0 Å². The van der Waals surface area contributed by atoms with E-state index in [9.17, 15) is 14.4 Å². The first-order valence-corrected chi connectivity index (χ1v) is 20.8. The van der Waals surface area contributed by atoms with E-state index in [2.05, 4.69) is 75.5 Å². The van der Waals surface area contributed by atoms with E-state index in [0.29, 0.717) is 19.3 Å². The highest BCUT2D eigenvalue weighted by Crippen LogP contribution is 2.10. The first-order valence-electron chi connectivity index (χ1n) is 20.8. The molecule has 1 atom stereocenters. The Morgan fingerprint density at radius 3 is 1.47 bits per heavy atom. The third kappa shape index (κ3) is 38.2. The number of carbonyl (C=O) groups excluding carboxylic acids is 3. The predicted molar refractivity (Wildman–Crippen MR) is 215 cm³/mol. The summed E-state index contributed by atoms with van der Waals surface area (Å²) in [5.74, 6) is -1.06. The van der Waals surface area contributed by atoms with Crippen LogP contribution < -0.4 is 0 Å². The molecule has 0 heterocycles. The lowest BCUT2D eigenvalue weighted by Gasteiger charge is -2.18. The highest BCUT2D eigenvalue weighted by atomic mass is 16.6. The van der Waals surface area contributed by atoms with Crippen LogP contribution in [0, 0.1) is 0 Å². The van der Waals surface area contributed by atoms with Gasteiger partial charge in [-0.05, 0) is 77.0 Å². The van der Waals surface area contributed by atoms with Gasteiger partial charge in [0.1, 0.15) is 13.2 Å². The quantitative estimate of drug-likeness (QED) is 0.0211. The van der Waals surface area contributed by atoms with Gasteiger partial charge >= 0.3 is 17.9 Å². The molecule has 0 aliphatic heterocycles. The average Bonchev–Trinajstić information content (AvgIpc) is 3.12. The molecule has 0 aromatic carbocycles. The largest absolute Gasteiger partial charge is 0.462 e. The second-order valence-corrected chi connectivity index (χ2v) is 13.6. The molecule has 0 radical (unpaired) electrons. The Labute approximate surface area is 313 Å². The average molecular weight is 713 g/mol. The van der Waals surface area contributed by atoms with Gasteiger partial charge in [0, 0.05) is 19.3 Å². The van der Waals surface area contributed by atoms with Gasteiger partial charge in [0.25, 0.3) is 0 Å². The van der Waals surface area contributed by atoms with Crippen LogP contribution in [0.1, 0.15) is 188 Å². The van der Waals surface area contributed by atoms with E-state index in [0.717, 1.165) is 57.8 Å². The van der Waals surface area contributed by atoms with E-state index >= 15 is 0 Å². The van der Waals surface area contributed by atoms with E-state index in [4.69, 9.17) is 14.2 Å². The van der Waals surface area contributed by atoms with E-state index in [1.807, 2.05) is 6.08 Å². The first kappa shape index (κ1) is 48.1.